The van der Waals surface area contributed by atoms with Gasteiger partial charge in [0.25, 0.3) is 0 Å². The van der Waals surface area contributed by atoms with E-state index in [1.807, 2.05) is 6.07 Å². The van der Waals surface area contributed by atoms with E-state index in [1.54, 1.807) is 0 Å². The summed E-state index contributed by atoms with van der Waals surface area (Å²) in [7, 11) is 0. The van der Waals surface area contributed by atoms with E-state index in [0.717, 1.165) is 5.69 Å². The third-order valence-electron chi connectivity index (χ3n) is 4.25. The number of hydrogen-bond donors (Lipinski definition) is 1. The van der Waals surface area contributed by atoms with E-state index in [4.69, 9.17) is 5.73 Å². The summed E-state index contributed by atoms with van der Waals surface area (Å²) in [5, 5.41) is 5.14. The number of nitrogens with zero attached hydrogens (tertiary/aromatic N) is 1. The van der Waals surface area contributed by atoms with Crippen molar-refractivity contribution in [1.29, 1.82) is 0 Å². The predicted molar refractivity (Wildman–Crippen MR) is 85.5 cm³/mol. The molecule has 2 heteroatoms. The Morgan fingerprint density at radius 3 is 2.25 bits per heavy atom. The minimum atomic E-state index is 0.816. The maximum absolute atomic E-state index is 5.97. The summed E-state index contributed by atoms with van der Waals surface area (Å²) in [6.07, 6.45) is 0. The molecule has 0 aliphatic heterocycles. The van der Waals surface area contributed by atoms with Crippen LogP contribution in [-0.4, -0.2) is 4.40 Å². The van der Waals surface area contributed by atoms with Crippen molar-refractivity contribution in [3.63, 3.8) is 0 Å². The standard InChI is InChI=1S/C18H12N2/c19-11-8-9-17-15(10-11)14-6-3-5-13-12-4-1-2-7-16(12)20(17)18(13)14/h1-10H,19H2. The topological polar surface area (TPSA) is 30.4 Å². The van der Waals surface area contributed by atoms with Crippen LogP contribution in [0.15, 0.2) is 60.7 Å². The molecule has 2 nitrogen and oxygen atoms in total. The molecule has 2 N–H and O–H groups in total. The van der Waals surface area contributed by atoms with Gasteiger partial charge in [-0.15, -0.1) is 0 Å². The maximum Gasteiger partial charge on any atom is 0.0620 e. The molecule has 5 aromatic rings. The van der Waals surface area contributed by atoms with Gasteiger partial charge in [0.2, 0.25) is 0 Å². The van der Waals surface area contributed by atoms with Gasteiger partial charge in [0.05, 0.1) is 16.6 Å². The number of rotatable bonds is 0. The monoisotopic (exact) mass is 256 g/mol. The van der Waals surface area contributed by atoms with Crippen molar-refractivity contribution >= 4 is 43.8 Å². The van der Waals surface area contributed by atoms with Crippen LogP contribution in [0.4, 0.5) is 5.69 Å². The van der Waals surface area contributed by atoms with Gasteiger partial charge >= 0.3 is 0 Å². The average Bonchev–Trinajstić information content (AvgIpc) is 2.98. The smallest absolute Gasteiger partial charge is 0.0620 e. The Labute approximate surface area is 115 Å². The molecule has 94 valence electrons. The van der Waals surface area contributed by atoms with Crippen LogP contribution in [0.2, 0.25) is 0 Å². The first kappa shape index (κ1) is 10.1. The molecule has 0 spiro atoms. The van der Waals surface area contributed by atoms with Crippen molar-refractivity contribution in [2.24, 2.45) is 0 Å². The summed E-state index contributed by atoms with van der Waals surface area (Å²) < 4.78 is 2.36. The van der Waals surface area contributed by atoms with Gasteiger partial charge in [-0.25, -0.2) is 0 Å². The zero-order chi connectivity index (χ0) is 13.3. The van der Waals surface area contributed by atoms with Crippen LogP contribution < -0.4 is 5.73 Å². The van der Waals surface area contributed by atoms with Crippen LogP contribution in [0, 0.1) is 0 Å². The van der Waals surface area contributed by atoms with Crippen molar-refractivity contribution in [3.05, 3.63) is 60.7 Å². The van der Waals surface area contributed by atoms with Crippen LogP contribution in [0.5, 0.6) is 0 Å². The van der Waals surface area contributed by atoms with Crippen LogP contribution >= 0.6 is 0 Å². The van der Waals surface area contributed by atoms with Gasteiger partial charge in [-0.2, -0.15) is 0 Å². The van der Waals surface area contributed by atoms with Gasteiger partial charge < -0.3 is 10.1 Å². The lowest BCUT2D eigenvalue weighted by Gasteiger charge is -1.98. The largest absolute Gasteiger partial charge is 0.399 e. The Morgan fingerprint density at radius 1 is 0.650 bits per heavy atom. The van der Waals surface area contributed by atoms with Crippen LogP contribution in [0.3, 0.4) is 0 Å². The molecule has 0 aliphatic rings. The molecule has 0 atom stereocenters. The molecule has 0 amide bonds. The van der Waals surface area contributed by atoms with Gasteiger partial charge in [-0.3, -0.25) is 0 Å². The van der Waals surface area contributed by atoms with E-state index in [1.165, 1.54) is 38.1 Å². The van der Waals surface area contributed by atoms with E-state index < -0.39 is 0 Å². The van der Waals surface area contributed by atoms with Crippen LogP contribution in [-0.2, 0) is 0 Å². The Morgan fingerprint density at radius 2 is 1.35 bits per heavy atom. The molecule has 0 aliphatic carbocycles. The van der Waals surface area contributed by atoms with E-state index in [0.29, 0.717) is 0 Å². The van der Waals surface area contributed by atoms with E-state index in [9.17, 15) is 0 Å². The zero-order valence-corrected chi connectivity index (χ0v) is 10.8. The molecular weight excluding hydrogens is 244 g/mol. The average molecular weight is 256 g/mol. The lowest BCUT2D eigenvalue weighted by Crippen LogP contribution is -1.84. The summed E-state index contributed by atoms with van der Waals surface area (Å²) in [4.78, 5) is 0. The van der Waals surface area contributed by atoms with Crippen LogP contribution in [0.1, 0.15) is 0 Å². The molecule has 2 aromatic heterocycles. The van der Waals surface area contributed by atoms with Crippen molar-refractivity contribution in [2.45, 2.75) is 0 Å². The number of hydrogen-bond acceptors (Lipinski definition) is 1. The normalized spacial score (nSPS) is 12.2. The van der Waals surface area contributed by atoms with Gasteiger partial charge in [-0.05, 0) is 24.3 Å². The minimum absolute atomic E-state index is 0.816. The predicted octanol–water partition coefficient (Wildman–Crippen LogP) is 4.42. The molecule has 0 bridgehead atoms. The van der Waals surface area contributed by atoms with Crippen molar-refractivity contribution in [3.8, 4) is 0 Å². The van der Waals surface area contributed by atoms with E-state index in [2.05, 4.69) is 59.0 Å². The van der Waals surface area contributed by atoms with Crippen molar-refractivity contribution in [2.75, 3.05) is 5.73 Å². The molecule has 0 unspecified atom stereocenters. The first-order chi connectivity index (χ1) is 9.84. The maximum atomic E-state index is 5.97. The van der Waals surface area contributed by atoms with Gasteiger partial charge in [0.15, 0.2) is 0 Å². The van der Waals surface area contributed by atoms with Crippen LogP contribution in [0.25, 0.3) is 38.1 Å². The molecule has 2 heterocycles. The number of para-hydroxylation sites is 2. The fourth-order valence-electron chi connectivity index (χ4n) is 3.45. The molecule has 0 saturated heterocycles. The number of nitrogen functional groups attached to an aromatic ring is 1. The SMILES string of the molecule is Nc1ccc2c(c1)c1cccc3c4ccccc4n2c31. The first-order valence-corrected chi connectivity index (χ1v) is 6.77. The molecule has 20 heavy (non-hydrogen) atoms. The Bertz CT molecular complexity index is 1100. The van der Waals surface area contributed by atoms with Crippen molar-refractivity contribution < 1.29 is 0 Å². The number of benzene rings is 3. The van der Waals surface area contributed by atoms with E-state index >= 15 is 0 Å². The molecule has 5 rings (SSSR count). The summed E-state index contributed by atoms with van der Waals surface area (Å²) in [6.45, 7) is 0. The third-order valence-corrected chi connectivity index (χ3v) is 4.25. The highest BCUT2D eigenvalue weighted by Gasteiger charge is 2.16. The van der Waals surface area contributed by atoms with Gasteiger partial charge in [0, 0.05) is 27.2 Å². The number of fused-ring (bicyclic) bond motifs is 6. The Kier molecular flexibility index (Phi) is 1.63. The number of aromatic nitrogens is 1. The number of nitrogens with two attached hydrogens (primary N) is 1. The highest BCUT2D eigenvalue weighted by molar-refractivity contribution is 6.23. The second-order valence-electron chi connectivity index (χ2n) is 5.33. The summed E-state index contributed by atoms with van der Waals surface area (Å²) in [6, 6.07) is 21.3. The van der Waals surface area contributed by atoms with E-state index in [-0.39, 0.29) is 0 Å². The molecular formula is C18H12N2. The summed E-state index contributed by atoms with van der Waals surface area (Å²) in [5.74, 6) is 0. The van der Waals surface area contributed by atoms with Gasteiger partial charge in [-0.1, -0.05) is 36.4 Å². The fourth-order valence-corrected chi connectivity index (χ4v) is 3.45. The highest BCUT2D eigenvalue weighted by atomic mass is 14.9. The molecule has 0 radical (unpaired) electrons. The fraction of sp³-hybridized carbons (Fsp3) is 0. The molecule has 0 fully saturated rings. The summed E-state index contributed by atoms with van der Waals surface area (Å²) in [5.41, 5.74) is 10.6. The lowest BCUT2D eigenvalue weighted by atomic mass is 10.1. The Hall–Kier alpha value is -2.74. The van der Waals surface area contributed by atoms with Crippen molar-refractivity contribution in [1.82, 2.24) is 4.40 Å². The second kappa shape index (κ2) is 3.23. The highest BCUT2D eigenvalue weighted by Crippen LogP contribution is 2.38. The van der Waals surface area contributed by atoms with Gasteiger partial charge in [0.1, 0.15) is 0 Å². The zero-order valence-electron chi connectivity index (χ0n) is 10.8. The number of anilines is 1. The minimum Gasteiger partial charge on any atom is -0.399 e. The molecule has 0 saturated carbocycles. The Balaban J connectivity index is 2.27. The quantitative estimate of drug-likeness (QED) is 0.408. The second-order valence-corrected chi connectivity index (χ2v) is 5.33. The third kappa shape index (κ3) is 1.02. The first-order valence-electron chi connectivity index (χ1n) is 6.77. The molecule has 3 aromatic carbocycles. The lowest BCUT2D eigenvalue weighted by molar-refractivity contribution is 1.37. The summed E-state index contributed by atoms with van der Waals surface area (Å²) >= 11 is 0.